The van der Waals surface area contributed by atoms with Crippen LogP contribution in [0.2, 0.25) is 0 Å². The Morgan fingerprint density at radius 3 is 2.80 bits per heavy atom. The minimum absolute atomic E-state index is 0.0301. The normalized spacial score (nSPS) is 22.0. The van der Waals surface area contributed by atoms with E-state index >= 15 is 0 Å². The van der Waals surface area contributed by atoms with Gasteiger partial charge < -0.3 is 14.7 Å². The first kappa shape index (κ1) is 14.2. The summed E-state index contributed by atoms with van der Waals surface area (Å²) in [5.41, 5.74) is -0.344. The van der Waals surface area contributed by atoms with E-state index in [1.165, 1.54) is 18.1 Å². The number of carbonyl (C=O) groups is 1. The average Bonchev–Trinajstić information content (AvgIpc) is 2.82. The number of nitro groups is 1. The predicted molar refractivity (Wildman–Crippen MR) is 67.2 cm³/mol. The molecule has 0 aromatic heterocycles. The fourth-order valence-corrected chi connectivity index (χ4v) is 2.31. The van der Waals surface area contributed by atoms with Gasteiger partial charge in [-0.25, -0.2) is 9.18 Å². The second kappa shape index (κ2) is 5.41. The van der Waals surface area contributed by atoms with Crippen LogP contribution < -0.4 is 4.90 Å². The van der Waals surface area contributed by atoms with Crippen LogP contribution in [-0.4, -0.2) is 41.8 Å². The van der Waals surface area contributed by atoms with Gasteiger partial charge in [0.25, 0.3) is 5.69 Å². The zero-order valence-corrected chi connectivity index (χ0v) is 10.7. The molecule has 1 N–H and O–H groups in total. The van der Waals surface area contributed by atoms with Crippen LogP contribution in [-0.2, 0) is 9.53 Å². The Bertz CT molecular complexity index is 551. The van der Waals surface area contributed by atoms with Crippen molar-refractivity contribution in [3.63, 3.8) is 0 Å². The van der Waals surface area contributed by atoms with Crippen LogP contribution >= 0.6 is 0 Å². The lowest BCUT2D eigenvalue weighted by Crippen LogP contribution is -2.36. The Labute approximate surface area is 113 Å². The van der Waals surface area contributed by atoms with Crippen molar-refractivity contribution in [3.8, 4) is 0 Å². The lowest BCUT2D eigenvalue weighted by molar-refractivity contribution is -0.385. The number of carboxylic acids is 1. The summed E-state index contributed by atoms with van der Waals surface area (Å²) in [6, 6.07) is 2.25. The average molecular weight is 284 g/mol. The van der Waals surface area contributed by atoms with Crippen LogP contribution in [0.4, 0.5) is 15.8 Å². The van der Waals surface area contributed by atoms with Crippen molar-refractivity contribution in [1.82, 2.24) is 0 Å². The Morgan fingerprint density at radius 2 is 2.30 bits per heavy atom. The molecular weight excluding hydrogens is 271 g/mol. The molecule has 1 aliphatic heterocycles. The number of halogens is 1. The Morgan fingerprint density at radius 1 is 1.60 bits per heavy atom. The quantitative estimate of drug-likeness (QED) is 0.663. The van der Waals surface area contributed by atoms with Gasteiger partial charge in [0.1, 0.15) is 6.04 Å². The molecule has 2 unspecified atom stereocenters. The molecule has 0 saturated carbocycles. The highest BCUT2D eigenvalue weighted by molar-refractivity contribution is 5.79. The second-order valence-electron chi connectivity index (χ2n) is 4.49. The predicted octanol–water partition coefficient (Wildman–Crippen LogP) is 1.41. The smallest absolute Gasteiger partial charge is 0.326 e. The number of non-ortho nitro benzene ring substituents is 1. The summed E-state index contributed by atoms with van der Waals surface area (Å²) in [5.74, 6) is -1.90. The molecule has 0 radical (unpaired) electrons. The molecule has 8 heteroatoms. The molecule has 1 heterocycles. The van der Waals surface area contributed by atoms with Crippen LogP contribution in [0.15, 0.2) is 18.2 Å². The van der Waals surface area contributed by atoms with Crippen molar-refractivity contribution in [3.05, 3.63) is 34.1 Å². The van der Waals surface area contributed by atoms with E-state index in [9.17, 15) is 19.3 Å². The van der Waals surface area contributed by atoms with E-state index in [0.717, 1.165) is 12.1 Å². The van der Waals surface area contributed by atoms with Gasteiger partial charge in [-0.1, -0.05) is 0 Å². The summed E-state index contributed by atoms with van der Waals surface area (Å²) in [4.78, 5) is 22.4. The Kier molecular flexibility index (Phi) is 3.84. The van der Waals surface area contributed by atoms with Crippen LogP contribution in [0.1, 0.15) is 6.42 Å². The molecule has 108 valence electrons. The molecule has 1 fully saturated rings. The van der Waals surface area contributed by atoms with E-state index in [0.29, 0.717) is 0 Å². The molecule has 1 aliphatic rings. The van der Waals surface area contributed by atoms with Crippen molar-refractivity contribution >= 4 is 17.3 Å². The van der Waals surface area contributed by atoms with Crippen molar-refractivity contribution in [2.45, 2.75) is 18.6 Å². The SMILES string of the molecule is COC1CC(C(=O)O)N(c2ccc([N+](=O)[O-])cc2F)C1. The molecule has 1 aromatic carbocycles. The molecule has 20 heavy (non-hydrogen) atoms. The van der Waals surface area contributed by atoms with Gasteiger partial charge in [-0.3, -0.25) is 10.1 Å². The monoisotopic (exact) mass is 284 g/mol. The highest BCUT2D eigenvalue weighted by Crippen LogP contribution is 2.31. The van der Waals surface area contributed by atoms with E-state index in [1.807, 2.05) is 0 Å². The number of hydrogen-bond acceptors (Lipinski definition) is 5. The summed E-state index contributed by atoms with van der Waals surface area (Å²) >= 11 is 0. The maximum Gasteiger partial charge on any atom is 0.326 e. The van der Waals surface area contributed by atoms with Gasteiger partial charge in [0, 0.05) is 26.1 Å². The molecule has 1 aromatic rings. The summed E-state index contributed by atoms with van der Waals surface area (Å²) in [7, 11) is 1.46. The standard InChI is InChI=1S/C12H13FN2O5/c1-20-8-5-11(12(16)17)14(6-8)10-3-2-7(15(18)19)4-9(10)13/h2-4,8,11H,5-6H2,1H3,(H,16,17). The molecule has 0 aliphatic carbocycles. The summed E-state index contributed by atoms with van der Waals surface area (Å²) in [5, 5.41) is 19.7. The first-order valence-corrected chi connectivity index (χ1v) is 5.90. The fraction of sp³-hybridized carbons (Fsp3) is 0.417. The van der Waals surface area contributed by atoms with Gasteiger partial charge in [0.05, 0.1) is 22.8 Å². The van der Waals surface area contributed by atoms with Crippen molar-refractivity contribution < 1.29 is 24.0 Å². The molecule has 2 atom stereocenters. The number of ether oxygens (including phenoxy) is 1. The van der Waals surface area contributed by atoms with Gasteiger partial charge in [-0.15, -0.1) is 0 Å². The topological polar surface area (TPSA) is 92.9 Å². The largest absolute Gasteiger partial charge is 0.480 e. The van der Waals surface area contributed by atoms with E-state index in [2.05, 4.69) is 0 Å². The van der Waals surface area contributed by atoms with Gasteiger partial charge in [-0.2, -0.15) is 0 Å². The van der Waals surface area contributed by atoms with Gasteiger partial charge in [0.2, 0.25) is 0 Å². The number of rotatable bonds is 4. The van der Waals surface area contributed by atoms with E-state index in [4.69, 9.17) is 9.84 Å². The molecule has 0 spiro atoms. The lowest BCUT2D eigenvalue weighted by atomic mass is 10.2. The van der Waals surface area contributed by atoms with Crippen LogP contribution in [0.3, 0.4) is 0 Å². The summed E-state index contributed by atoms with van der Waals surface area (Å²) in [6.45, 7) is 0.224. The molecule has 2 rings (SSSR count). The molecule has 7 nitrogen and oxygen atoms in total. The van der Waals surface area contributed by atoms with Crippen LogP contribution in [0, 0.1) is 15.9 Å². The number of nitro benzene ring substituents is 1. The fourth-order valence-electron chi connectivity index (χ4n) is 2.31. The number of nitrogens with zero attached hydrogens (tertiary/aromatic N) is 2. The third kappa shape index (κ3) is 2.55. The maximum absolute atomic E-state index is 14.0. The molecular formula is C12H13FN2O5. The van der Waals surface area contributed by atoms with Crippen LogP contribution in [0.25, 0.3) is 0 Å². The number of carboxylic acid groups (broad SMARTS) is 1. The first-order valence-electron chi connectivity index (χ1n) is 5.90. The van der Waals surface area contributed by atoms with Crippen molar-refractivity contribution in [2.24, 2.45) is 0 Å². The first-order chi connectivity index (χ1) is 9.43. The maximum atomic E-state index is 14.0. The molecule has 1 saturated heterocycles. The van der Waals surface area contributed by atoms with Crippen molar-refractivity contribution in [1.29, 1.82) is 0 Å². The minimum Gasteiger partial charge on any atom is -0.480 e. The molecule has 0 amide bonds. The number of methoxy groups -OCH3 is 1. The zero-order valence-electron chi connectivity index (χ0n) is 10.7. The number of benzene rings is 1. The number of anilines is 1. The Balaban J connectivity index is 2.34. The van der Waals surface area contributed by atoms with E-state index < -0.39 is 22.8 Å². The van der Waals surface area contributed by atoms with Gasteiger partial charge in [-0.05, 0) is 6.07 Å². The van der Waals surface area contributed by atoms with E-state index in [1.54, 1.807) is 0 Å². The van der Waals surface area contributed by atoms with Gasteiger partial charge >= 0.3 is 5.97 Å². The van der Waals surface area contributed by atoms with Crippen molar-refractivity contribution in [2.75, 3.05) is 18.6 Å². The highest BCUT2D eigenvalue weighted by Gasteiger charge is 2.38. The Hall–Kier alpha value is -2.22. The van der Waals surface area contributed by atoms with Crippen LogP contribution in [0.5, 0.6) is 0 Å². The van der Waals surface area contributed by atoms with Gasteiger partial charge in [0.15, 0.2) is 5.82 Å². The number of aliphatic carboxylic acids is 1. The molecule has 0 bridgehead atoms. The number of hydrogen-bond donors (Lipinski definition) is 1. The highest BCUT2D eigenvalue weighted by atomic mass is 19.1. The summed E-state index contributed by atoms with van der Waals surface area (Å²) in [6.07, 6.45) is -0.0758. The van der Waals surface area contributed by atoms with E-state index in [-0.39, 0.29) is 30.4 Å². The lowest BCUT2D eigenvalue weighted by Gasteiger charge is -2.23. The third-order valence-corrected chi connectivity index (χ3v) is 3.33. The third-order valence-electron chi connectivity index (χ3n) is 3.33. The summed E-state index contributed by atoms with van der Waals surface area (Å²) < 4.78 is 19.1. The second-order valence-corrected chi connectivity index (χ2v) is 4.49. The zero-order chi connectivity index (χ0) is 14.9. The minimum atomic E-state index is -1.08.